The monoisotopic (exact) mass is 277 g/mol. The van der Waals surface area contributed by atoms with Crippen LogP contribution in [0.4, 0.5) is 0 Å². The molecule has 0 radical (unpaired) electrons. The molecule has 18 heavy (non-hydrogen) atoms. The fourth-order valence-electron chi connectivity index (χ4n) is 1.22. The fraction of sp³-hybridized carbons (Fsp3) is 0.556. The Morgan fingerprint density at radius 3 is 2.72 bits per heavy atom. The number of aromatic nitrogens is 2. The van der Waals surface area contributed by atoms with Crippen LogP contribution in [-0.4, -0.2) is 58.4 Å². The summed E-state index contributed by atoms with van der Waals surface area (Å²) >= 11 is 0. The van der Waals surface area contributed by atoms with Crippen LogP contribution in [0.1, 0.15) is 6.92 Å². The van der Waals surface area contributed by atoms with Crippen molar-refractivity contribution in [2.75, 3.05) is 13.7 Å². The van der Waals surface area contributed by atoms with Gasteiger partial charge in [-0.25, -0.2) is 8.42 Å². The summed E-state index contributed by atoms with van der Waals surface area (Å²) in [5.41, 5.74) is 0. The summed E-state index contributed by atoms with van der Waals surface area (Å²) in [4.78, 5) is 10.4. The van der Waals surface area contributed by atoms with Crippen molar-refractivity contribution >= 4 is 16.0 Å². The highest BCUT2D eigenvalue weighted by Gasteiger charge is 2.26. The third-order valence-corrected chi connectivity index (χ3v) is 4.39. The topological polar surface area (TPSA) is 113 Å². The summed E-state index contributed by atoms with van der Waals surface area (Å²) in [6.07, 6.45) is 2.23. The molecule has 0 aliphatic rings. The van der Waals surface area contributed by atoms with Gasteiger partial charge in [0.25, 0.3) is 0 Å². The van der Waals surface area contributed by atoms with Crippen LogP contribution in [0.2, 0.25) is 0 Å². The summed E-state index contributed by atoms with van der Waals surface area (Å²) < 4.78 is 26.1. The van der Waals surface area contributed by atoms with E-state index in [-0.39, 0.29) is 11.5 Å². The van der Waals surface area contributed by atoms with E-state index in [4.69, 9.17) is 10.2 Å². The van der Waals surface area contributed by atoms with Crippen molar-refractivity contribution < 1.29 is 23.4 Å². The Hall–Kier alpha value is -1.45. The van der Waals surface area contributed by atoms with Gasteiger partial charge in [0.1, 0.15) is 11.4 Å². The van der Waals surface area contributed by atoms with Crippen LogP contribution in [0.5, 0.6) is 0 Å². The van der Waals surface area contributed by atoms with Crippen molar-refractivity contribution in [1.82, 2.24) is 14.1 Å². The van der Waals surface area contributed by atoms with Crippen molar-refractivity contribution in [2.45, 2.75) is 24.4 Å². The van der Waals surface area contributed by atoms with Crippen LogP contribution in [-0.2, 0) is 21.4 Å². The first-order valence-corrected chi connectivity index (χ1v) is 6.56. The van der Waals surface area contributed by atoms with E-state index >= 15 is 0 Å². The quantitative estimate of drug-likeness (QED) is 0.687. The van der Waals surface area contributed by atoms with Gasteiger partial charge in [-0.1, -0.05) is 0 Å². The van der Waals surface area contributed by atoms with E-state index in [1.54, 1.807) is 6.92 Å². The zero-order chi connectivity index (χ0) is 13.9. The van der Waals surface area contributed by atoms with Crippen molar-refractivity contribution in [1.29, 1.82) is 0 Å². The Balaban J connectivity index is 2.99. The Morgan fingerprint density at radius 1 is 1.61 bits per heavy atom. The van der Waals surface area contributed by atoms with Gasteiger partial charge in [-0.15, -0.1) is 0 Å². The van der Waals surface area contributed by atoms with E-state index in [2.05, 4.69) is 5.10 Å². The zero-order valence-corrected chi connectivity index (χ0v) is 10.8. The SMILES string of the molecule is CC(CO)N(C)S(=O)(=O)c1cnn(CC(=O)O)c1. The van der Waals surface area contributed by atoms with E-state index in [9.17, 15) is 13.2 Å². The number of hydrogen-bond acceptors (Lipinski definition) is 5. The van der Waals surface area contributed by atoms with Crippen LogP contribution >= 0.6 is 0 Å². The van der Waals surface area contributed by atoms with Crippen LogP contribution in [0.25, 0.3) is 0 Å². The van der Waals surface area contributed by atoms with Gasteiger partial charge in [-0.05, 0) is 6.92 Å². The molecule has 0 aliphatic heterocycles. The number of likely N-dealkylation sites (N-methyl/N-ethyl adjacent to an activating group) is 1. The second kappa shape index (κ2) is 5.46. The van der Waals surface area contributed by atoms with Gasteiger partial charge in [-0.2, -0.15) is 9.40 Å². The first kappa shape index (κ1) is 14.6. The lowest BCUT2D eigenvalue weighted by Gasteiger charge is -2.21. The number of carbonyl (C=O) groups is 1. The number of hydrogen-bond donors (Lipinski definition) is 2. The van der Waals surface area contributed by atoms with Crippen LogP contribution in [0.3, 0.4) is 0 Å². The molecule has 1 aromatic rings. The molecule has 1 aromatic heterocycles. The zero-order valence-electron chi connectivity index (χ0n) is 10.0. The highest BCUT2D eigenvalue weighted by Crippen LogP contribution is 2.15. The number of carboxylic acid groups (broad SMARTS) is 1. The Labute approximate surface area is 104 Å². The minimum atomic E-state index is -3.77. The number of rotatable bonds is 6. The maximum absolute atomic E-state index is 12.0. The molecule has 1 unspecified atom stereocenters. The lowest BCUT2D eigenvalue weighted by atomic mass is 10.4. The van der Waals surface area contributed by atoms with Crippen LogP contribution in [0, 0.1) is 0 Å². The number of aliphatic carboxylic acids is 1. The highest BCUT2D eigenvalue weighted by atomic mass is 32.2. The van der Waals surface area contributed by atoms with E-state index in [1.165, 1.54) is 7.05 Å². The number of aliphatic hydroxyl groups is 1. The Bertz CT molecular complexity index is 524. The molecule has 2 N–H and O–H groups in total. The minimum Gasteiger partial charge on any atom is -0.480 e. The van der Waals surface area contributed by atoms with E-state index in [1.807, 2.05) is 0 Å². The van der Waals surface area contributed by atoms with Gasteiger partial charge in [0, 0.05) is 19.3 Å². The van der Waals surface area contributed by atoms with Gasteiger partial charge in [0.2, 0.25) is 10.0 Å². The second-order valence-corrected chi connectivity index (χ2v) is 5.82. The number of carboxylic acids is 1. The molecule has 9 heteroatoms. The van der Waals surface area contributed by atoms with Gasteiger partial charge >= 0.3 is 5.97 Å². The second-order valence-electron chi connectivity index (χ2n) is 3.82. The summed E-state index contributed by atoms with van der Waals surface area (Å²) in [7, 11) is -2.43. The van der Waals surface area contributed by atoms with Crippen molar-refractivity contribution in [3.8, 4) is 0 Å². The lowest BCUT2D eigenvalue weighted by molar-refractivity contribution is -0.137. The third kappa shape index (κ3) is 3.06. The number of nitrogens with zero attached hydrogens (tertiary/aromatic N) is 3. The van der Waals surface area contributed by atoms with E-state index in [0.717, 1.165) is 21.4 Å². The minimum absolute atomic E-state index is 0.105. The average Bonchev–Trinajstić information content (AvgIpc) is 2.75. The first-order chi connectivity index (χ1) is 8.28. The summed E-state index contributed by atoms with van der Waals surface area (Å²) in [5, 5.41) is 21.2. The molecule has 0 saturated carbocycles. The molecule has 0 bridgehead atoms. The first-order valence-electron chi connectivity index (χ1n) is 5.12. The van der Waals surface area contributed by atoms with E-state index in [0.29, 0.717) is 0 Å². The van der Waals surface area contributed by atoms with Crippen molar-refractivity contribution in [3.05, 3.63) is 12.4 Å². The van der Waals surface area contributed by atoms with Gasteiger partial charge in [-0.3, -0.25) is 9.48 Å². The van der Waals surface area contributed by atoms with Crippen molar-refractivity contribution in [2.24, 2.45) is 0 Å². The molecule has 1 atom stereocenters. The molecule has 0 fully saturated rings. The third-order valence-electron chi connectivity index (χ3n) is 2.47. The maximum Gasteiger partial charge on any atom is 0.325 e. The average molecular weight is 277 g/mol. The largest absolute Gasteiger partial charge is 0.480 e. The highest BCUT2D eigenvalue weighted by molar-refractivity contribution is 7.89. The predicted octanol–water partition coefficient (Wildman–Crippen LogP) is -1.03. The summed E-state index contributed by atoms with van der Waals surface area (Å²) in [5.74, 6) is -1.11. The molecule has 102 valence electrons. The maximum atomic E-state index is 12.0. The molecule has 8 nitrogen and oxygen atoms in total. The van der Waals surface area contributed by atoms with E-state index < -0.39 is 28.6 Å². The van der Waals surface area contributed by atoms with Gasteiger partial charge in [0.15, 0.2) is 0 Å². The van der Waals surface area contributed by atoms with Gasteiger partial charge in [0.05, 0.1) is 12.8 Å². The molecule has 0 aromatic carbocycles. The molecule has 0 spiro atoms. The fourth-order valence-corrected chi connectivity index (χ4v) is 2.53. The Kier molecular flexibility index (Phi) is 4.43. The molecule has 1 rings (SSSR count). The molecule has 1 heterocycles. The summed E-state index contributed by atoms with van der Waals surface area (Å²) in [6.45, 7) is 0.840. The number of sulfonamides is 1. The lowest BCUT2D eigenvalue weighted by Crippen LogP contribution is -2.37. The molecular formula is C9H15N3O5S. The van der Waals surface area contributed by atoms with Crippen molar-refractivity contribution in [3.63, 3.8) is 0 Å². The smallest absolute Gasteiger partial charge is 0.325 e. The Morgan fingerprint density at radius 2 is 2.22 bits per heavy atom. The summed E-state index contributed by atoms with van der Waals surface area (Å²) in [6, 6.07) is -0.571. The van der Waals surface area contributed by atoms with Crippen LogP contribution in [0.15, 0.2) is 17.3 Å². The number of aliphatic hydroxyl groups excluding tert-OH is 1. The molecule has 0 amide bonds. The normalized spacial score (nSPS) is 13.8. The van der Waals surface area contributed by atoms with Gasteiger partial charge < -0.3 is 10.2 Å². The molecule has 0 saturated heterocycles. The molecular weight excluding hydrogens is 262 g/mol. The molecule has 0 aliphatic carbocycles. The predicted molar refractivity (Wildman–Crippen MR) is 61.4 cm³/mol. The van der Waals surface area contributed by atoms with Crippen LogP contribution < -0.4 is 0 Å². The standard InChI is InChI=1S/C9H15N3O5S/c1-7(6-13)11(2)18(16,17)8-3-10-12(4-8)5-9(14)15/h3-4,7,13H,5-6H2,1-2H3,(H,14,15).